The minimum absolute atomic E-state index is 0.339. The van der Waals surface area contributed by atoms with Gasteiger partial charge in [-0.25, -0.2) is 0 Å². The van der Waals surface area contributed by atoms with Gasteiger partial charge in [-0.15, -0.1) is 0 Å². The number of carbonyl (C=O) groups excluding carboxylic acids is 4. The molecule has 0 amide bonds. The van der Waals surface area contributed by atoms with E-state index in [0.29, 0.717) is 35.0 Å². The first-order valence-electron chi connectivity index (χ1n) is 16.4. The molecule has 7 rings (SSSR count). The molecule has 0 saturated carbocycles. The zero-order valence-electron chi connectivity index (χ0n) is 27.1. The Balaban J connectivity index is 1.14. The van der Waals surface area contributed by atoms with Crippen molar-refractivity contribution in [2.45, 2.75) is 24.9 Å². The summed E-state index contributed by atoms with van der Waals surface area (Å²) >= 11 is 0. The number of aromatic nitrogens is 2. The summed E-state index contributed by atoms with van der Waals surface area (Å²) in [6, 6.07) is 34.5. The molecule has 252 valence electrons. The van der Waals surface area contributed by atoms with E-state index in [9.17, 15) is 19.2 Å². The van der Waals surface area contributed by atoms with E-state index in [4.69, 9.17) is 18.9 Å². The van der Waals surface area contributed by atoms with E-state index in [1.165, 1.54) is 0 Å². The first-order valence-corrected chi connectivity index (χ1v) is 16.4. The number of rotatable bonds is 6. The number of hydrogen-bond acceptors (Lipinski definition) is 8. The smallest absolute Gasteiger partial charge is 0.325 e. The van der Waals surface area contributed by atoms with Gasteiger partial charge in [0.1, 0.15) is 26.4 Å². The number of nitrogens with zero attached hydrogens (tertiary/aromatic N) is 2. The zero-order valence-corrected chi connectivity index (χ0v) is 27.1. The van der Waals surface area contributed by atoms with Gasteiger partial charge in [0.2, 0.25) is 0 Å². The molecule has 0 atom stereocenters. The summed E-state index contributed by atoms with van der Waals surface area (Å²) in [6.07, 6.45) is 3.51. The summed E-state index contributed by atoms with van der Waals surface area (Å²) in [5.74, 6) is -6.22. The van der Waals surface area contributed by atoms with Crippen LogP contribution < -0.4 is 0 Å². The molecule has 6 aromatic rings. The number of carbonyl (C=O) groups is 4. The van der Waals surface area contributed by atoms with Gasteiger partial charge in [-0.05, 0) is 23.3 Å². The van der Waals surface area contributed by atoms with Crippen molar-refractivity contribution >= 4 is 45.7 Å². The Labute approximate surface area is 287 Å². The maximum absolute atomic E-state index is 13.6. The summed E-state index contributed by atoms with van der Waals surface area (Å²) in [5, 5.41) is 1.38. The van der Waals surface area contributed by atoms with Crippen LogP contribution in [0, 0.1) is 0 Å². The first-order chi connectivity index (χ1) is 24.5. The van der Waals surface area contributed by atoms with Gasteiger partial charge in [-0.2, -0.15) is 0 Å². The van der Waals surface area contributed by atoms with E-state index >= 15 is 0 Å². The SMILES string of the molecule is O=C1OCCOC(=O)C(c2cn(Cc3ccccc3)c3ccccc23)C(=O)OCCOC(=O)C1c1cn(Cc2ccccc2)c2ccccc12. The highest BCUT2D eigenvalue weighted by Gasteiger charge is 2.37. The third-order valence-electron chi connectivity index (χ3n) is 8.74. The Morgan fingerprint density at radius 3 is 1.12 bits per heavy atom. The fraction of sp³-hybridized carbons (Fsp3) is 0.200. The maximum atomic E-state index is 13.6. The fourth-order valence-electron chi connectivity index (χ4n) is 6.43. The van der Waals surface area contributed by atoms with Crippen LogP contribution in [0.2, 0.25) is 0 Å². The number of ether oxygens (including phenoxy) is 4. The summed E-state index contributed by atoms with van der Waals surface area (Å²) in [4.78, 5) is 54.3. The number of para-hydroxylation sites is 2. The molecule has 1 aliphatic heterocycles. The highest BCUT2D eigenvalue weighted by Crippen LogP contribution is 2.32. The van der Waals surface area contributed by atoms with Crippen molar-refractivity contribution < 1.29 is 38.1 Å². The Kier molecular flexibility index (Phi) is 9.41. The minimum atomic E-state index is -1.42. The monoisotopic (exact) mass is 670 g/mol. The van der Waals surface area contributed by atoms with Gasteiger partial charge in [-0.3, -0.25) is 19.2 Å². The number of cyclic esters (lactones) is 4. The lowest BCUT2D eigenvalue weighted by Gasteiger charge is -2.18. The molecule has 10 nitrogen and oxygen atoms in total. The first kappa shape index (κ1) is 32.4. The Morgan fingerprint density at radius 2 is 0.760 bits per heavy atom. The molecule has 1 aliphatic rings. The number of fused-ring (bicyclic) bond motifs is 2. The molecule has 3 heterocycles. The van der Waals surface area contributed by atoms with Crippen molar-refractivity contribution in [1.82, 2.24) is 9.13 Å². The van der Waals surface area contributed by atoms with Crippen molar-refractivity contribution in [3.8, 4) is 0 Å². The van der Waals surface area contributed by atoms with Crippen LogP contribution in [-0.2, 0) is 51.2 Å². The van der Waals surface area contributed by atoms with Crippen LogP contribution in [-0.4, -0.2) is 59.4 Å². The number of esters is 4. The maximum Gasteiger partial charge on any atom is 0.325 e. The second-order valence-corrected chi connectivity index (χ2v) is 12.0. The minimum Gasteiger partial charge on any atom is -0.461 e. The molecule has 0 N–H and O–H groups in total. The topological polar surface area (TPSA) is 115 Å². The van der Waals surface area contributed by atoms with E-state index in [1.807, 2.05) is 118 Å². The van der Waals surface area contributed by atoms with Crippen LogP contribution in [0.3, 0.4) is 0 Å². The van der Waals surface area contributed by atoms with E-state index in [-0.39, 0.29) is 26.4 Å². The largest absolute Gasteiger partial charge is 0.461 e. The molecule has 10 heteroatoms. The van der Waals surface area contributed by atoms with Crippen molar-refractivity contribution in [2.75, 3.05) is 26.4 Å². The molecule has 4 aromatic carbocycles. The normalized spacial score (nSPS) is 17.8. The predicted molar refractivity (Wildman–Crippen MR) is 184 cm³/mol. The predicted octanol–water partition coefficient (Wildman–Crippen LogP) is 5.75. The number of benzene rings is 4. The standard InChI is InChI=1S/C40H34N2O8/c43-37-35(31-25-41(23-27-11-3-1-4-12-27)33-17-9-7-15-29(31)33)38(44)48-20-22-50-40(46)36(39(45)49-21-19-47-37)32-26-42(24-28-13-5-2-6-14-28)34-18-10-8-16-30(32)34/h1-18,25-26,35-36H,19-24H2. The van der Waals surface area contributed by atoms with Gasteiger partial charge in [0, 0.05) is 58.4 Å². The highest BCUT2D eigenvalue weighted by atomic mass is 16.6. The van der Waals surface area contributed by atoms with Crippen LogP contribution in [0.1, 0.15) is 34.1 Å². The van der Waals surface area contributed by atoms with E-state index in [1.54, 1.807) is 12.4 Å². The van der Waals surface area contributed by atoms with Crippen molar-refractivity contribution in [2.24, 2.45) is 0 Å². The van der Waals surface area contributed by atoms with E-state index < -0.39 is 35.7 Å². The second kappa shape index (κ2) is 14.5. The lowest BCUT2D eigenvalue weighted by atomic mass is 9.98. The number of hydrogen-bond donors (Lipinski definition) is 0. The summed E-state index contributed by atoms with van der Waals surface area (Å²) < 4.78 is 26.0. The van der Waals surface area contributed by atoms with Crippen molar-refractivity contribution in [3.63, 3.8) is 0 Å². The van der Waals surface area contributed by atoms with Gasteiger partial charge < -0.3 is 28.1 Å². The molecule has 0 spiro atoms. The van der Waals surface area contributed by atoms with Crippen molar-refractivity contribution in [1.29, 1.82) is 0 Å². The second-order valence-electron chi connectivity index (χ2n) is 12.0. The van der Waals surface area contributed by atoms with E-state index in [0.717, 1.165) is 22.2 Å². The summed E-state index contributed by atoms with van der Waals surface area (Å²) in [7, 11) is 0. The summed E-state index contributed by atoms with van der Waals surface area (Å²) in [5.41, 5.74) is 4.56. The molecule has 2 aromatic heterocycles. The van der Waals surface area contributed by atoms with Crippen LogP contribution in [0.5, 0.6) is 0 Å². The third kappa shape index (κ3) is 6.73. The lowest BCUT2D eigenvalue weighted by Crippen LogP contribution is -2.31. The quantitative estimate of drug-likeness (QED) is 0.125. The lowest BCUT2D eigenvalue weighted by molar-refractivity contribution is -0.168. The van der Waals surface area contributed by atoms with Gasteiger partial charge >= 0.3 is 23.9 Å². The van der Waals surface area contributed by atoms with Crippen LogP contribution in [0.4, 0.5) is 0 Å². The van der Waals surface area contributed by atoms with Crippen LogP contribution >= 0.6 is 0 Å². The molecule has 0 aliphatic carbocycles. The molecular formula is C40H34N2O8. The zero-order chi connectivity index (χ0) is 34.5. The van der Waals surface area contributed by atoms with Crippen LogP contribution in [0.25, 0.3) is 21.8 Å². The Morgan fingerprint density at radius 1 is 0.440 bits per heavy atom. The highest BCUT2D eigenvalue weighted by molar-refractivity contribution is 6.06. The Hall–Kier alpha value is -6.16. The molecule has 50 heavy (non-hydrogen) atoms. The molecule has 0 radical (unpaired) electrons. The molecule has 1 fully saturated rings. The molecular weight excluding hydrogens is 636 g/mol. The average molecular weight is 671 g/mol. The van der Waals surface area contributed by atoms with Gasteiger partial charge in [0.05, 0.1) is 0 Å². The average Bonchev–Trinajstić information content (AvgIpc) is 3.67. The van der Waals surface area contributed by atoms with Crippen LogP contribution in [0.15, 0.2) is 122 Å². The Bertz CT molecular complexity index is 1980. The van der Waals surface area contributed by atoms with Gasteiger partial charge in [0.25, 0.3) is 0 Å². The van der Waals surface area contributed by atoms with Gasteiger partial charge in [-0.1, -0.05) is 97.1 Å². The third-order valence-corrected chi connectivity index (χ3v) is 8.74. The fourth-order valence-corrected chi connectivity index (χ4v) is 6.43. The molecule has 0 bridgehead atoms. The molecule has 0 unspecified atom stereocenters. The summed E-state index contributed by atoms with van der Waals surface area (Å²) in [6.45, 7) is -0.335. The van der Waals surface area contributed by atoms with Gasteiger partial charge in [0.15, 0.2) is 11.8 Å². The van der Waals surface area contributed by atoms with E-state index in [2.05, 4.69) is 0 Å². The molecule has 1 saturated heterocycles. The van der Waals surface area contributed by atoms with Crippen molar-refractivity contribution in [3.05, 3.63) is 144 Å².